The third-order valence-corrected chi connectivity index (χ3v) is 5.99. The van der Waals surface area contributed by atoms with Crippen molar-refractivity contribution in [1.82, 2.24) is 0 Å². The van der Waals surface area contributed by atoms with Crippen LogP contribution >= 0.6 is 0 Å². The molecule has 3 aliphatic rings. The number of para-hydroxylation sites is 1. The van der Waals surface area contributed by atoms with Crippen LogP contribution in [0, 0.1) is 23.2 Å². The molecule has 5 rings (SSSR count). The predicted molar refractivity (Wildman–Crippen MR) is 101 cm³/mol. The van der Waals surface area contributed by atoms with Crippen LogP contribution in [0.1, 0.15) is 36.8 Å². The van der Waals surface area contributed by atoms with E-state index in [1.165, 1.54) is 25.7 Å². The zero-order valence-corrected chi connectivity index (χ0v) is 14.6. The Balaban J connectivity index is 1.58. The van der Waals surface area contributed by atoms with Crippen LogP contribution < -0.4 is 9.75 Å². The van der Waals surface area contributed by atoms with Gasteiger partial charge in [0.05, 0.1) is 41.6 Å². The van der Waals surface area contributed by atoms with Crippen LogP contribution in [0.5, 0.6) is 5.75 Å². The molecule has 4 heteroatoms. The van der Waals surface area contributed by atoms with Crippen LogP contribution in [0.2, 0.25) is 0 Å². The molecule has 0 spiro atoms. The number of hydrazone groups is 1. The summed E-state index contributed by atoms with van der Waals surface area (Å²) in [5.41, 5.74) is 4.04. The number of hydrogen-bond acceptors (Lipinski definition) is 4. The van der Waals surface area contributed by atoms with Crippen molar-refractivity contribution in [2.75, 3.05) is 11.6 Å². The molecule has 2 aromatic carbocycles. The van der Waals surface area contributed by atoms with Crippen molar-refractivity contribution in [1.29, 1.82) is 5.26 Å². The second-order valence-corrected chi connectivity index (χ2v) is 7.44. The van der Waals surface area contributed by atoms with Crippen LogP contribution in [-0.2, 0) is 0 Å². The fraction of sp³-hybridized carbons (Fsp3) is 0.364. The molecule has 1 saturated carbocycles. The number of nitriles is 1. The molecule has 1 fully saturated rings. The standard InChI is InChI=1S/C22H21N3O/c23-13-15-9-11-17(12-10-15)25-22(16-5-1-2-6-16)19-14-26-20-8-4-3-7-18(20)21(19)24-25/h3-4,7-12,16,19,22H,1-2,5-6,14H2/t19-,22-/m1/s1. The summed E-state index contributed by atoms with van der Waals surface area (Å²) in [5, 5.41) is 16.4. The summed E-state index contributed by atoms with van der Waals surface area (Å²) in [6.07, 6.45) is 5.14. The molecular formula is C22H21N3O. The number of hydrogen-bond donors (Lipinski definition) is 0. The number of anilines is 1. The topological polar surface area (TPSA) is 48.6 Å². The van der Waals surface area contributed by atoms with Gasteiger partial charge in [-0.1, -0.05) is 25.0 Å². The van der Waals surface area contributed by atoms with E-state index >= 15 is 0 Å². The summed E-state index contributed by atoms with van der Waals surface area (Å²) in [7, 11) is 0. The Hall–Kier alpha value is -2.80. The molecule has 0 amide bonds. The summed E-state index contributed by atoms with van der Waals surface area (Å²) in [6, 6.07) is 18.6. The van der Waals surface area contributed by atoms with E-state index in [-0.39, 0.29) is 0 Å². The Bertz CT molecular complexity index is 890. The zero-order valence-electron chi connectivity index (χ0n) is 14.6. The molecule has 0 saturated heterocycles. The normalized spacial score (nSPS) is 24.4. The summed E-state index contributed by atoms with van der Waals surface area (Å²) < 4.78 is 6.10. The fourth-order valence-corrected chi connectivity index (χ4v) is 4.75. The third kappa shape index (κ3) is 2.39. The third-order valence-electron chi connectivity index (χ3n) is 5.99. The fourth-order valence-electron chi connectivity index (χ4n) is 4.75. The highest BCUT2D eigenvalue weighted by Gasteiger charge is 2.46. The molecular weight excluding hydrogens is 322 g/mol. The van der Waals surface area contributed by atoms with Crippen LogP contribution in [0.25, 0.3) is 0 Å². The maximum absolute atomic E-state index is 9.09. The van der Waals surface area contributed by atoms with Gasteiger partial charge in [0.1, 0.15) is 5.75 Å². The van der Waals surface area contributed by atoms with E-state index < -0.39 is 0 Å². The van der Waals surface area contributed by atoms with Crippen molar-refractivity contribution >= 4 is 11.4 Å². The predicted octanol–water partition coefficient (Wildman–Crippen LogP) is 4.35. The van der Waals surface area contributed by atoms with E-state index in [0.717, 1.165) is 22.7 Å². The molecule has 26 heavy (non-hydrogen) atoms. The quantitative estimate of drug-likeness (QED) is 0.814. The van der Waals surface area contributed by atoms with E-state index in [2.05, 4.69) is 23.2 Å². The Morgan fingerprint density at radius 2 is 1.81 bits per heavy atom. The molecule has 2 atom stereocenters. The Kier molecular flexibility index (Phi) is 3.67. The molecule has 2 aliphatic heterocycles. The largest absolute Gasteiger partial charge is 0.492 e. The number of rotatable bonds is 2. The molecule has 0 unspecified atom stereocenters. The van der Waals surface area contributed by atoms with Gasteiger partial charge >= 0.3 is 0 Å². The van der Waals surface area contributed by atoms with Gasteiger partial charge in [-0.05, 0) is 55.2 Å². The first kappa shape index (κ1) is 15.5. The van der Waals surface area contributed by atoms with Crippen molar-refractivity contribution in [3.63, 3.8) is 0 Å². The lowest BCUT2D eigenvalue weighted by atomic mass is 9.82. The molecule has 2 aromatic rings. The highest BCUT2D eigenvalue weighted by Crippen LogP contribution is 2.43. The first-order valence-electron chi connectivity index (χ1n) is 9.45. The van der Waals surface area contributed by atoms with Gasteiger partial charge in [0.15, 0.2) is 0 Å². The lowest BCUT2D eigenvalue weighted by Crippen LogP contribution is -2.43. The summed E-state index contributed by atoms with van der Waals surface area (Å²) >= 11 is 0. The summed E-state index contributed by atoms with van der Waals surface area (Å²) in [6.45, 7) is 0.698. The van der Waals surface area contributed by atoms with Crippen molar-refractivity contribution in [2.45, 2.75) is 31.7 Å². The van der Waals surface area contributed by atoms with Crippen molar-refractivity contribution < 1.29 is 4.74 Å². The monoisotopic (exact) mass is 343 g/mol. The van der Waals surface area contributed by atoms with Crippen LogP contribution in [0.4, 0.5) is 5.69 Å². The highest BCUT2D eigenvalue weighted by molar-refractivity contribution is 6.07. The average Bonchev–Trinajstić information content (AvgIpc) is 3.35. The number of benzene rings is 2. The van der Waals surface area contributed by atoms with E-state index in [0.29, 0.717) is 30.0 Å². The average molecular weight is 343 g/mol. The zero-order chi connectivity index (χ0) is 17.5. The lowest BCUT2D eigenvalue weighted by Gasteiger charge is -2.34. The minimum Gasteiger partial charge on any atom is -0.492 e. The molecule has 2 heterocycles. The van der Waals surface area contributed by atoms with Gasteiger partial charge in [-0.3, -0.25) is 5.01 Å². The smallest absolute Gasteiger partial charge is 0.128 e. The summed E-state index contributed by atoms with van der Waals surface area (Å²) in [4.78, 5) is 0. The molecule has 130 valence electrons. The minimum absolute atomic E-state index is 0.309. The van der Waals surface area contributed by atoms with Crippen LogP contribution in [-0.4, -0.2) is 18.4 Å². The van der Waals surface area contributed by atoms with Gasteiger partial charge in [-0.15, -0.1) is 0 Å². The first-order chi connectivity index (χ1) is 12.8. The van der Waals surface area contributed by atoms with Crippen LogP contribution in [0.3, 0.4) is 0 Å². The van der Waals surface area contributed by atoms with E-state index in [4.69, 9.17) is 15.1 Å². The highest BCUT2D eigenvalue weighted by atomic mass is 16.5. The van der Waals surface area contributed by atoms with Gasteiger partial charge in [0.25, 0.3) is 0 Å². The minimum atomic E-state index is 0.309. The first-order valence-corrected chi connectivity index (χ1v) is 9.45. The lowest BCUT2D eigenvalue weighted by molar-refractivity contribution is 0.233. The van der Waals surface area contributed by atoms with Crippen molar-refractivity contribution in [3.05, 3.63) is 59.7 Å². The molecule has 0 radical (unpaired) electrons. The molecule has 0 aromatic heterocycles. The second kappa shape index (κ2) is 6.17. The van der Waals surface area contributed by atoms with Gasteiger partial charge in [-0.25, -0.2) is 0 Å². The van der Waals surface area contributed by atoms with Crippen LogP contribution in [0.15, 0.2) is 53.6 Å². The second-order valence-electron chi connectivity index (χ2n) is 7.44. The Morgan fingerprint density at radius 1 is 1.04 bits per heavy atom. The molecule has 1 aliphatic carbocycles. The number of nitrogens with zero attached hydrogens (tertiary/aromatic N) is 3. The Labute approximate surface area is 153 Å². The van der Waals surface area contributed by atoms with E-state index in [1.54, 1.807) is 0 Å². The van der Waals surface area contributed by atoms with E-state index in [9.17, 15) is 0 Å². The van der Waals surface area contributed by atoms with Gasteiger partial charge < -0.3 is 4.74 Å². The number of ether oxygens (including phenoxy) is 1. The molecule has 4 nitrogen and oxygen atoms in total. The van der Waals surface area contributed by atoms with E-state index in [1.807, 2.05) is 36.4 Å². The SMILES string of the molecule is N#Cc1ccc(N2N=C3c4ccccc4OC[C@H]3[C@H]2C2CCCC2)cc1. The maximum Gasteiger partial charge on any atom is 0.128 e. The maximum atomic E-state index is 9.09. The summed E-state index contributed by atoms with van der Waals surface area (Å²) in [5.74, 6) is 1.89. The van der Waals surface area contributed by atoms with Gasteiger partial charge in [0.2, 0.25) is 0 Å². The van der Waals surface area contributed by atoms with Gasteiger partial charge in [0, 0.05) is 5.56 Å². The van der Waals surface area contributed by atoms with Crippen molar-refractivity contribution in [3.8, 4) is 11.8 Å². The molecule has 0 bridgehead atoms. The Morgan fingerprint density at radius 3 is 2.58 bits per heavy atom. The van der Waals surface area contributed by atoms with Gasteiger partial charge in [-0.2, -0.15) is 10.4 Å². The molecule has 0 N–H and O–H groups in total. The number of fused-ring (bicyclic) bond motifs is 3. The van der Waals surface area contributed by atoms with Crippen molar-refractivity contribution in [2.24, 2.45) is 16.9 Å².